The monoisotopic (exact) mass is 268 g/mol. The predicted molar refractivity (Wildman–Crippen MR) is 81.4 cm³/mol. The van der Waals surface area contributed by atoms with Crippen molar-refractivity contribution in [2.24, 2.45) is 0 Å². The summed E-state index contributed by atoms with van der Waals surface area (Å²) in [5, 5.41) is 4.76. The first-order valence-corrected chi connectivity index (χ1v) is 7.30. The number of fused-ring (bicyclic) bond motifs is 1. The normalized spacial score (nSPS) is 15.9. The zero-order valence-electron chi connectivity index (χ0n) is 11.8. The van der Waals surface area contributed by atoms with Crippen LogP contribution < -0.4 is 5.32 Å². The molecule has 1 atom stereocenters. The zero-order chi connectivity index (χ0) is 13.8. The lowest BCUT2D eigenvalue weighted by molar-refractivity contribution is 0.215. The molecule has 0 spiro atoms. The van der Waals surface area contributed by atoms with Crippen molar-refractivity contribution in [3.63, 3.8) is 0 Å². The van der Waals surface area contributed by atoms with Crippen molar-refractivity contribution in [3.05, 3.63) is 53.9 Å². The summed E-state index contributed by atoms with van der Waals surface area (Å²) >= 11 is 0. The van der Waals surface area contributed by atoms with Crippen LogP contribution in [0.1, 0.15) is 31.4 Å². The van der Waals surface area contributed by atoms with Gasteiger partial charge in [-0.05, 0) is 25.1 Å². The fraction of sp³-hybridized carbons (Fsp3) is 0.353. The first-order valence-electron chi connectivity index (χ1n) is 7.30. The SMILES string of the molecule is CCCNC(C1=CCCO1)c1cccc2cccnc12. The second kappa shape index (κ2) is 6.06. The van der Waals surface area contributed by atoms with Crippen molar-refractivity contribution in [3.8, 4) is 0 Å². The molecule has 3 rings (SSSR count). The van der Waals surface area contributed by atoms with E-state index in [1.54, 1.807) is 0 Å². The largest absolute Gasteiger partial charge is 0.496 e. The van der Waals surface area contributed by atoms with Crippen LogP contribution in [-0.4, -0.2) is 18.1 Å². The molecular weight excluding hydrogens is 248 g/mol. The molecule has 1 N–H and O–H groups in total. The van der Waals surface area contributed by atoms with Crippen molar-refractivity contribution >= 4 is 10.9 Å². The van der Waals surface area contributed by atoms with E-state index >= 15 is 0 Å². The Morgan fingerprint density at radius 2 is 2.20 bits per heavy atom. The maximum Gasteiger partial charge on any atom is 0.114 e. The second-order valence-electron chi connectivity index (χ2n) is 5.05. The van der Waals surface area contributed by atoms with E-state index in [4.69, 9.17) is 4.74 Å². The Labute approximate surface area is 119 Å². The Bertz CT molecular complexity index is 616. The highest BCUT2D eigenvalue weighted by atomic mass is 16.5. The Morgan fingerprint density at radius 3 is 3.00 bits per heavy atom. The van der Waals surface area contributed by atoms with E-state index in [2.05, 4.69) is 47.6 Å². The summed E-state index contributed by atoms with van der Waals surface area (Å²) in [4.78, 5) is 4.56. The number of benzene rings is 1. The molecule has 0 fully saturated rings. The minimum atomic E-state index is 0.107. The number of para-hydroxylation sites is 1. The molecule has 0 radical (unpaired) electrons. The molecule has 0 saturated heterocycles. The van der Waals surface area contributed by atoms with Crippen molar-refractivity contribution < 1.29 is 4.74 Å². The van der Waals surface area contributed by atoms with Gasteiger partial charge in [0.2, 0.25) is 0 Å². The van der Waals surface area contributed by atoms with E-state index in [0.717, 1.165) is 37.3 Å². The molecule has 1 aromatic heterocycles. The molecule has 1 unspecified atom stereocenters. The van der Waals surface area contributed by atoms with Gasteiger partial charge >= 0.3 is 0 Å². The minimum Gasteiger partial charge on any atom is -0.496 e. The van der Waals surface area contributed by atoms with E-state index in [1.165, 1.54) is 10.9 Å². The number of hydrogen-bond acceptors (Lipinski definition) is 3. The van der Waals surface area contributed by atoms with Gasteiger partial charge in [0.1, 0.15) is 5.76 Å². The molecule has 1 aliphatic rings. The lowest BCUT2D eigenvalue weighted by Gasteiger charge is -2.21. The highest BCUT2D eigenvalue weighted by molar-refractivity contribution is 5.82. The zero-order valence-corrected chi connectivity index (χ0v) is 11.8. The topological polar surface area (TPSA) is 34.1 Å². The van der Waals surface area contributed by atoms with Crippen LogP contribution in [-0.2, 0) is 4.74 Å². The van der Waals surface area contributed by atoms with E-state index in [-0.39, 0.29) is 6.04 Å². The van der Waals surface area contributed by atoms with E-state index in [1.807, 2.05) is 12.3 Å². The Balaban J connectivity index is 2.04. The van der Waals surface area contributed by atoms with Gasteiger partial charge in [-0.2, -0.15) is 0 Å². The van der Waals surface area contributed by atoms with Crippen LogP contribution in [0.3, 0.4) is 0 Å². The highest BCUT2D eigenvalue weighted by Crippen LogP contribution is 2.30. The first-order chi connectivity index (χ1) is 9.90. The van der Waals surface area contributed by atoms with Crippen LogP contribution in [0.4, 0.5) is 0 Å². The Morgan fingerprint density at radius 1 is 1.30 bits per heavy atom. The number of aromatic nitrogens is 1. The van der Waals surface area contributed by atoms with Gasteiger partial charge in [-0.25, -0.2) is 0 Å². The molecule has 2 aromatic rings. The molecule has 3 nitrogen and oxygen atoms in total. The molecule has 0 saturated carbocycles. The molecule has 20 heavy (non-hydrogen) atoms. The second-order valence-corrected chi connectivity index (χ2v) is 5.05. The number of rotatable bonds is 5. The lowest BCUT2D eigenvalue weighted by Crippen LogP contribution is -2.24. The number of ether oxygens (including phenoxy) is 1. The van der Waals surface area contributed by atoms with Gasteiger partial charge in [0.15, 0.2) is 0 Å². The average Bonchev–Trinajstić information content (AvgIpc) is 3.02. The number of pyridine rings is 1. The van der Waals surface area contributed by atoms with Gasteiger partial charge in [-0.15, -0.1) is 0 Å². The summed E-state index contributed by atoms with van der Waals surface area (Å²) in [7, 11) is 0. The third-order valence-electron chi connectivity index (χ3n) is 3.59. The summed E-state index contributed by atoms with van der Waals surface area (Å²) in [6.45, 7) is 3.93. The average molecular weight is 268 g/mol. The molecule has 0 aliphatic carbocycles. The van der Waals surface area contributed by atoms with Crippen LogP contribution in [0, 0.1) is 0 Å². The predicted octanol–water partition coefficient (Wildman–Crippen LogP) is 3.58. The molecule has 2 heterocycles. The molecule has 3 heteroatoms. The van der Waals surface area contributed by atoms with E-state index < -0.39 is 0 Å². The lowest BCUT2D eigenvalue weighted by atomic mass is 10.0. The minimum absolute atomic E-state index is 0.107. The maximum absolute atomic E-state index is 5.79. The number of nitrogens with zero attached hydrogens (tertiary/aromatic N) is 1. The van der Waals surface area contributed by atoms with Crippen LogP contribution in [0.2, 0.25) is 0 Å². The van der Waals surface area contributed by atoms with Gasteiger partial charge in [0, 0.05) is 23.6 Å². The van der Waals surface area contributed by atoms with Crippen molar-refractivity contribution in [1.82, 2.24) is 10.3 Å². The summed E-state index contributed by atoms with van der Waals surface area (Å²) in [5.41, 5.74) is 2.25. The fourth-order valence-electron chi connectivity index (χ4n) is 2.65. The van der Waals surface area contributed by atoms with E-state index in [9.17, 15) is 0 Å². The van der Waals surface area contributed by atoms with Crippen LogP contribution in [0.5, 0.6) is 0 Å². The van der Waals surface area contributed by atoms with Crippen LogP contribution in [0.15, 0.2) is 48.4 Å². The van der Waals surface area contributed by atoms with Gasteiger partial charge in [-0.3, -0.25) is 4.98 Å². The molecule has 1 aliphatic heterocycles. The standard InChI is InChI=1S/C17H20N2O/c1-2-10-18-17(15-9-5-12-20-15)14-8-3-6-13-7-4-11-19-16(13)14/h3-4,6-9,11,17-18H,2,5,10,12H2,1H3. The van der Waals surface area contributed by atoms with Crippen molar-refractivity contribution in [2.75, 3.05) is 13.2 Å². The maximum atomic E-state index is 5.79. The van der Waals surface area contributed by atoms with Crippen molar-refractivity contribution in [1.29, 1.82) is 0 Å². The van der Waals surface area contributed by atoms with Gasteiger partial charge in [0.25, 0.3) is 0 Å². The smallest absolute Gasteiger partial charge is 0.114 e. The third kappa shape index (κ3) is 2.54. The summed E-state index contributed by atoms with van der Waals surface area (Å²) < 4.78 is 5.79. The van der Waals surface area contributed by atoms with Gasteiger partial charge in [0.05, 0.1) is 18.2 Å². The molecule has 104 valence electrons. The fourth-order valence-corrected chi connectivity index (χ4v) is 2.65. The summed E-state index contributed by atoms with van der Waals surface area (Å²) in [6.07, 6.45) is 6.14. The van der Waals surface area contributed by atoms with E-state index in [0.29, 0.717) is 0 Å². The molecule has 1 aromatic carbocycles. The first kappa shape index (κ1) is 13.1. The van der Waals surface area contributed by atoms with Crippen LogP contribution in [0.25, 0.3) is 10.9 Å². The third-order valence-corrected chi connectivity index (χ3v) is 3.59. The Kier molecular flexibility index (Phi) is 3.97. The number of hydrogen-bond donors (Lipinski definition) is 1. The number of nitrogens with one attached hydrogen (secondary N) is 1. The highest BCUT2D eigenvalue weighted by Gasteiger charge is 2.22. The molecule has 0 amide bonds. The summed E-state index contributed by atoms with van der Waals surface area (Å²) in [6, 6.07) is 10.5. The summed E-state index contributed by atoms with van der Waals surface area (Å²) in [5.74, 6) is 1.04. The van der Waals surface area contributed by atoms with Gasteiger partial charge < -0.3 is 10.1 Å². The van der Waals surface area contributed by atoms with Crippen molar-refractivity contribution in [2.45, 2.75) is 25.8 Å². The van der Waals surface area contributed by atoms with Crippen LogP contribution >= 0.6 is 0 Å². The quantitative estimate of drug-likeness (QED) is 0.900. The molecule has 0 bridgehead atoms. The Hall–Kier alpha value is -1.87. The molecular formula is C17H20N2O. The van der Waals surface area contributed by atoms with Gasteiger partial charge in [-0.1, -0.05) is 31.2 Å².